The van der Waals surface area contributed by atoms with Crippen LogP contribution in [0.3, 0.4) is 0 Å². The van der Waals surface area contributed by atoms with Gasteiger partial charge in [-0.1, -0.05) is 12.1 Å². The number of likely N-dealkylation sites (tertiary alicyclic amines) is 1. The van der Waals surface area contributed by atoms with Crippen LogP contribution in [-0.2, 0) is 21.1 Å². The minimum Gasteiger partial charge on any atom is -0.447 e. The fraction of sp³-hybridized carbons (Fsp3) is 0.600. The van der Waals surface area contributed by atoms with Crippen molar-refractivity contribution in [3.05, 3.63) is 35.4 Å². The van der Waals surface area contributed by atoms with E-state index in [4.69, 9.17) is 4.74 Å². The molecular formula is C20H21F3N2O3. The highest BCUT2D eigenvalue weighted by Gasteiger charge is 2.59. The normalized spacial score (nSPS) is 36.4. The summed E-state index contributed by atoms with van der Waals surface area (Å²) in [5, 5.41) is 2.80. The predicted molar refractivity (Wildman–Crippen MR) is 92.4 cm³/mol. The number of halogens is 3. The van der Waals surface area contributed by atoms with Gasteiger partial charge in [0.1, 0.15) is 6.61 Å². The molecule has 0 radical (unpaired) electrons. The molecule has 1 aromatic carbocycles. The number of alkyl carbamates (subject to hydrolysis) is 1. The van der Waals surface area contributed by atoms with Crippen LogP contribution in [-0.4, -0.2) is 42.1 Å². The second-order valence-corrected chi connectivity index (χ2v) is 8.75. The standard InChI is InChI=1S/C20H21F3N2O3/c21-20(22,23)14-3-1-13(2-4-14)19-5-6-25(10-15(19)9-19)16(26)12-7-18(8-12)11-28-17(27)24-18/h1-4,12,15H,5-11H2,(H,24,27)/t12?,15?,18?,19-/m0/s1. The fourth-order valence-corrected chi connectivity index (χ4v) is 5.34. The Balaban J connectivity index is 1.20. The quantitative estimate of drug-likeness (QED) is 0.839. The number of carbonyl (C=O) groups excluding carboxylic acids is 2. The first-order valence-electron chi connectivity index (χ1n) is 9.62. The summed E-state index contributed by atoms with van der Waals surface area (Å²) in [5.74, 6) is 0.351. The minimum absolute atomic E-state index is 0.0744. The van der Waals surface area contributed by atoms with Crippen LogP contribution in [0.15, 0.2) is 24.3 Å². The van der Waals surface area contributed by atoms with Gasteiger partial charge in [-0.2, -0.15) is 13.2 Å². The molecule has 5 nitrogen and oxygen atoms in total. The number of hydrogen-bond donors (Lipinski definition) is 1. The Kier molecular flexibility index (Phi) is 3.59. The molecule has 4 aliphatic rings. The van der Waals surface area contributed by atoms with E-state index in [1.54, 1.807) is 12.1 Å². The molecule has 2 amide bonds. The molecular weight excluding hydrogens is 373 g/mol. The molecule has 1 unspecified atom stereocenters. The fourth-order valence-electron chi connectivity index (χ4n) is 5.34. The first-order chi connectivity index (χ1) is 13.2. The van der Waals surface area contributed by atoms with Gasteiger partial charge in [-0.15, -0.1) is 0 Å². The predicted octanol–water partition coefficient (Wildman–Crippen LogP) is 3.08. The van der Waals surface area contributed by atoms with Crippen molar-refractivity contribution in [2.75, 3.05) is 19.7 Å². The zero-order valence-electron chi connectivity index (χ0n) is 15.2. The molecule has 28 heavy (non-hydrogen) atoms. The zero-order valence-corrected chi connectivity index (χ0v) is 15.2. The summed E-state index contributed by atoms with van der Waals surface area (Å²) >= 11 is 0. The van der Waals surface area contributed by atoms with Gasteiger partial charge in [-0.3, -0.25) is 4.79 Å². The topological polar surface area (TPSA) is 58.6 Å². The van der Waals surface area contributed by atoms with E-state index in [9.17, 15) is 22.8 Å². The lowest BCUT2D eigenvalue weighted by molar-refractivity contribution is -0.142. The number of carbonyl (C=O) groups is 2. The summed E-state index contributed by atoms with van der Waals surface area (Å²) in [6, 6.07) is 5.50. The number of cyclic esters (lactones) is 1. The molecule has 1 spiro atoms. The maximum atomic E-state index is 12.8. The Hall–Kier alpha value is -2.25. The van der Waals surface area contributed by atoms with E-state index >= 15 is 0 Å². The third-order valence-corrected chi connectivity index (χ3v) is 7.07. The first kappa shape index (κ1) is 17.8. The van der Waals surface area contributed by atoms with E-state index in [2.05, 4.69) is 5.32 Å². The van der Waals surface area contributed by atoms with Gasteiger partial charge in [0.05, 0.1) is 11.1 Å². The van der Waals surface area contributed by atoms with E-state index in [0.29, 0.717) is 38.5 Å². The van der Waals surface area contributed by atoms with Gasteiger partial charge < -0.3 is 15.0 Å². The third kappa shape index (κ3) is 2.68. The van der Waals surface area contributed by atoms with Crippen LogP contribution in [0, 0.1) is 11.8 Å². The summed E-state index contributed by atoms with van der Waals surface area (Å²) in [6.45, 7) is 1.62. The highest BCUT2D eigenvalue weighted by atomic mass is 19.4. The van der Waals surface area contributed by atoms with Crippen LogP contribution in [0.2, 0.25) is 0 Å². The number of piperidine rings is 1. The first-order valence-corrected chi connectivity index (χ1v) is 9.62. The van der Waals surface area contributed by atoms with E-state index in [-0.39, 0.29) is 22.8 Å². The van der Waals surface area contributed by atoms with E-state index in [0.717, 1.165) is 30.5 Å². The van der Waals surface area contributed by atoms with Crippen LogP contribution in [0.5, 0.6) is 0 Å². The average molecular weight is 394 g/mol. The monoisotopic (exact) mass is 394 g/mol. The average Bonchev–Trinajstić information content (AvgIpc) is 3.25. The lowest BCUT2D eigenvalue weighted by Crippen LogP contribution is -2.58. The molecule has 8 heteroatoms. The second kappa shape index (κ2) is 5.64. The zero-order chi connectivity index (χ0) is 19.7. The number of rotatable bonds is 2. The van der Waals surface area contributed by atoms with Gasteiger partial charge in [0, 0.05) is 24.4 Å². The number of hydrogen-bond acceptors (Lipinski definition) is 3. The molecule has 0 bridgehead atoms. The molecule has 2 aliphatic carbocycles. The number of nitrogens with one attached hydrogen (secondary N) is 1. The summed E-state index contributed by atoms with van der Waals surface area (Å²) in [7, 11) is 0. The number of nitrogens with zero attached hydrogens (tertiary/aromatic N) is 1. The van der Waals surface area contributed by atoms with E-state index in [1.165, 1.54) is 0 Å². The van der Waals surface area contributed by atoms with Crippen LogP contribution in [0.25, 0.3) is 0 Å². The van der Waals surface area contributed by atoms with Crippen LogP contribution >= 0.6 is 0 Å². The SMILES string of the molecule is O=C1NC2(CO1)CC(C(=O)N1CC[C@@]3(c4ccc(C(F)(F)F)cc4)CC3C1)C2. The number of benzene rings is 1. The van der Waals surface area contributed by atoms with E-state index in [1.807, 2.05) is 4.90 Å². The number of alkyl halides is 3. The van der Waals surface area contributed by atoms with Gasteiger partial charge in [0.2, 0.25) is 5.91 Å². The molecule has 2 aliphatic heterocycles. The molecule has 1 N–H and O–H groups in total. The lowest BCUT2D eigenvalue weighted by atomic mass is 9.68. The van der Waals surface area contributed by atoms with Gasteiger partial charge in [-0.05, 0) is 49.3 Å². The van der Waals surface area contributed by atoms with Gasteiger partial charge >= 0.3 is 12.3 Å². The van der Waals surface area contributed by atoms with Crippen molar-refractivity contribution in [1.82, 2.24) is 10.2 Å². The van der Waals surface area contributed by atoms with Crippen molar-refractivity contribution in [2.45, 2.75) is 42.8 Å². The Bertz CT molecular complexity index is 832. The summed E-state index contributed by atoms with van der Waals surface area (Å²) in [5.41, 5.74) is -0.114. The highest BCUT2D eigenvalue weighted by Crippen LogP contribution is 2.59. The molecule has 150 valence electrons. The molecule has 0 aromatic heterocycles. The van der Waals surface area contributed by atoms with Crippen LogP contribution in [0.1, 0.15) is 36.8 Å². The molecule has 2 saturated heterocycles. The summed E-state index contributed by atoms with van der Waals surface area (Å²) in [6.07, 6.45) is -1.80. The van der Waals surface area contributed by atoms with Crippen molar-refractivity contribution < 1.29 is 27.5 Å². The maximum absolute atomic E-state index is 12.8. The van der Waals surface area contributed by atoms with Crippen LogP contribution < -0.4 is 5.32 Å². The minimum atomic E-state index is -4.32. The van der Waals surface area contributed by atoms with Gasteiger partial charge in [0.15, 0.2) is 0 Å². The largest absolute Gasteiger partial charge is 0.447 e. The van der Waals surface area contributed by atoms with Crippen molar-refractivity contribution in [2.24, 2.45) is 11.8 Å². The highest BCUT2D eigenvalue weighted by molar-refractivity contribution is 5.82. The Morgan fingerprint density at radius 1 is 1.18 bits per heavy atom. The summed E-state index contributed by atoms with van der Waals surface area (Å²) < 4.78 is 43.3. The van der Waals surface area contributed by atoms with Gasteiger partial charge in [-0.25, -0.2) is 4.79 Å². The van der Waals surface area contributed by atoms with Crippen LogP contribution in [0.4, 0.5) is 18.0 Å². The summed E-state index contributed by atoms with van der Waals surface area (Å²) in [4.78, 5) is 25.9. The van der Waals surface area contributed by atoms with Crippen molar-refractivity contribution >= 4 is 12.0 Å². The van der Waals surface area contributed by atoms with Crippen molar-refractivity contribution in [3.8, 4) is 0 Å². The smallest absolute Gasteiger partial charge is 0.416 e. The Labute approximate surface area is 160 Å². The number of amides is 2. The number of ether oxygens (including phenoxy) is 1. The second-order valence-electron chi connectivity index (χ2n) is 8.75. The Morgan fingerprint density at radius 2 is 1.89 bits per heavy atom. The Morgan fingerprint density at radius 3 is 2.46 bits per heavy atom. The maximum Gasteiger partial charge on any atom is 0.416 e. The third-order valence-electron chi connectivity index (χ3n) is 7.07. The molecule has 2 atom stereocenters. The number of fused-ring (bicyclic) bond motifs is 1. The van der Waals surface area contributed by atoms with E-state index < -0.39 is 17.8 Å². The molecule has 2 heterocycles. The molecule has 4 fully saturated rings. The van der Waals surface area contributed by atoms with Crippen molar-refractivity contribution in [3.63, 3.8) is 0 Å². The molecule has 5 rings (SSSR count). The van der Waals surface area contributed by atoms with Gasteiger partial charge in [0.25, 0.3) is 0 Å². The lowest BCUT2D eigenvalue weighted by Gasteiger charge is -2.44. The molecule has 1 aromatic rings. The van der Waals surface area contributed by atoms with Crippen molar-refractivity contribution in [1.29, 1.82) is 0 Å². The molecule has 2 saturated carbocycles.